The molecule has 0 rings (SSSR count). The SMILES string of the molecule is C=CC(=O)NC(C)CCCCCCC[Si](C)(OCC)OCC. The molecule has 0 radical (unpaired) electrons. The van der Waals surface area contributed by atoms with Gasteiger partial charge in [0.2, 0.25) is 5.91 Å². The minimum Gasteiger partial charge on any atom is -0.395 e. The smallest absolute Gasteiger partial charge is 0.334 e. The first-order valence-electron chi connectivity index (χ1n) is 8.68. The molecule has 4 nitrogen and oxygen atoms in total. The van der Waals surface area contributed by atoms with Crippen LogP contribution in [0.4, 0.5) is 0 Å². The molecule has 1 unspecified atom stereocenters. The molecule has 0 saturated carbocycles. The molecule has 5 heteroatoms. The van der Waals surface area contributed by atoms with Gasteiger partial charge in [-0.3, -0.25) is 4.79 Å². The predicted molar refractivity (Wildman–Crippen MR) is 95.2 cm³/mol. The molecule has 0 fully saturated rings. The van der Waals surface area contributed by atoms with Crippen LogP contribution in [0, 0.1) is 0 Å². The molecule has 0 saturated heterocycles. The number of hydrogen-bond acceptors (Lipinski definition) is 3. The van der Waals surface area contributed by atoms with E-state index < -0.39 is 8.56 Å². The molecule has 0 spiro atoms. The van der Waals surface area contributed by atoms with Crippen molar-refractivity contribution in [3.63, 3.8) is 0 Å². The average molecular weight is 330 g/mol. The number of carbonyl (C=O) groups is 1. The van der Waals surface area contributed by atoms with Crippen LogP contribution in [0.2, 0.25) is 12.6 Å². The van der Waals surface area contributed by atoms with Crippen molar-refractivity contribution >= 4 is 14.5 Å². The highest BCUT2D eigenvalue weighted by atomic mass is 28.4. The van der Waals surface area contributed by atoms with Crippen molar-refractivity contribution in [1.29, 1.82) is 0 Å². The fourth-order valence-electron chi connectivity index (χ4n) is 2.60. The fraction of sp³-hybridized carbons (Fsp3) is 0.824. The van der Waals surface area contributed by atoms with Gasteiger partial charge in [-0.05, 0) is 45.9 Å². The van der Waals surface area contributed by atoms with Gasteiger partial charge in [-0.2, -0.15) is 0 Å². The highest BCUT2D eigenvalue weighted by Gasteiger charge is 2.29. The summed E-state index contributed by atoms with van der Waals surface area (Å²) < 4.78 is 11.7. The maximum absolute atomic E-state index is 11.1. The lowest BCUT2D eigenvalue weighted by atomic mass is 10.1. The van der Waals surface area contributed by atoms with Gasteiger partial charge in [-0.15, -0.1) is 0 Å². The Balaban J connectivity index is 3.64. The van der Waals surface area contributed by atoms with Crippen molar-refractivity contribution in [2.75, 3.05) is 13.2 Å². The quantitative estimate of drug-likeness (QED) is 0.296. The van der Waals surface area contributed by atoms with E-state index in [9.17, 15) is 4.79 Å². The Kier molecular flexibility index (Phi) is 12.5. The monoisotopic (exact) mass is 329 g/mol. The van der Waals surface area contributed by atoms with E-state index in [-0.39, 0.29) is 11.9 Å². The first-order chi connectivity index (χ1) is 10.5. The molecule has 0 aliphatic heterocycles. The summed E-state index contributed by atoms with van der Waals surface area (Å²) in [5, 5.41) is 2.90. The van der Waals surface area contributed by atoms with E-state index in [2.05, 4.69) is 18.4 Å². The topological polar surface area (TPSA) is 47.6 Å². The maximum Gasteiger partial charge on any atom is 0.334 e. The Hall–Kier alpha value is -0.653. The van der Waals surface area contributed by atoms with Gasteiger partial charge < -0.3 is 14.2 Å². The molecule has 0 aliphatic carbocycles. The second-order valence-electron chi connectivity index (χ2n) is 5.92. The van der Waals surface area contributed by atoms with Gasteiger partial charge in [0.15, 0.2) is 0 Å². The second kappa shape index (κ2) is 12.8. The molecule has 0 aromatic heterocycles. The van der Waals surface area contributed by atoms with E-state index in [1.807, 2.05) is 20.8 Å². The van der Waals surface area contributed by atoms with Gasteiger partial charge in [0.25, 0.3) is 0 Å². The minimum absolute atomic E-state index is 0.0800. The molecule has 1 atom stereocenters. The number of hydrogen-bond donors (Lipinski definition) is 1. The summed E-state index contributed by atoms with van der Waals surface area (Å²) in [6, 6.07) is 1.32. The summed E-state index contributed by atoms with van der Waals surface area (Å²) in [5.74, 6) is -0.0800. The summed E-state index contributed by atoms with van der Waals surface area (Å²) in [6.45, 7) is 13.2. The van der Waals surface area contributed by atoms with E-state index in [4.69, 9.17) is 8.85 Å². The lowest BCUT2D eigenvalue weighted by Gasteiger charge is -2.25. The van der Waals surface area contributed by atoms with Crippen LogP contribution in [-0.2, 0) is 13.6 Å². The largest absolute Gasteiger partial charge is 0.395 e. The van der Waals surface area contributed by atoms with Crippen molar-refractivity contribution in [3.8, 4) is 0 Å². The molecule has 0 heterocycles. The van der Waals surface area contributed by atoms with Crippen LogP contribution < -0.4 is 5.32 Å². The first kappa shape index (κ1) is 21.3. The van der Waals surface area contributed by atoms with Crippen LogP contribution in [0.15, 0.2) is 12.7 Å². The first-order valence-corrected chi connectivity index (χ1v) is 11.2. The molecular weight excluding hydrogens is 294 g/mol. The summed E-state index contributed by atoms with van der Waals surface area (Å²) >= 11 is 0. The van der Waals surface area contributed by atoms with Crippen LogP contribution in [0.3, 0.4) is 0 Å². The van der Waals surface area contributed by atoms with E-state index in [1.165, 1.54) is 31.8 Å². The van der Waals surface area contributed by atoms with Crippen LogP contribution in [-0.4, -0.2) is 33.7 Å². The van der Waals surface area contributed by atoms with Crippen molar-refractivity contribution in [2.24, 2.45) is 0 Å². The van der Waals surface area contributed by atoms with E-state index in [0.717, 1.165) is 32.1 Å². The van der Waals surface area contributed by atoms with E-state index >= 15 is 0 Å². The van der Waals surface area contributed by atoms with Gasteiger partial charge in [-0.25, -0.2) is 0 Å². The zero-order chi connectivity index (χ0) is 16.8. The summed E-state index contributed by atoms with van der Waals surface area (Å²) in [5.41, 5.74) is 0. The number of carbonyl (C=O) groups excluding carboxylic acids is 1. The van der Waals surface area contributed by atoms with E-state index in [0.29, 0.717) is 0 Å². The molecule has 0 aromatic rings. The van der Waals surface area contributed by atoms with E-state index in [1.54, 1.807) is 0 Å². The third-order valence-electron chi connectivity index (χ3n) is 3.74. The van der Waals surface area contributed by atoms with Crippen LogP contribution in [0.25, 0.3) is 0 Å². The molecule has 130 valence electrons. The third-order valence-corrected chi connectivity index (χ3v) is 6.80. The predicted octanol–water partition coefficient (Wildman–Crippen LogP) is 4.16. The van der Waals surface area contributed by atoms with Crippen molar-refractivity contribution in [3.05, 3.63) is 12.7 Å². The van der Waals surface area contributed by atoms with Gasteiger partial charge in [0.05, 0.1) is 0 Å². The lowest BCUT2D eigenvalue weighted by Crippen LogP contribution is -2.38. The van der Waals surface area contributed by atoms with Gasteiger partial charge in [0, 0.05) is 19.3 Å². The van der Waals surface area contributed by atoms with Crippen molar-refractivity contribution in [1.82, 2.24) is 5.32 Å². The fourth-order valence-corrected chi connectivity index (χ4v) is 5.08. The minimum atomic E-state index is -1.92. The average Bonchev–Trinajstić information content (AvgIpc) is 2.46. The summed E-state index contributed by atoms with van der Waals surface area (Å²) in [6.07, 6.45) is 8.39. The van der Waals surface area contributed by atoms with Crippen molar-refractivity contribution in [2.45, 2.75) is 77.9 Å². The number of rotatable bonds is 14. The zero-order valence-corrected chi connectivity index (χ0v) is 16.0. The maximum atomic E-state index is 11.1. The molecule has 22 heavy (non-hydrogen) atoms. The third kappa shape index (κ3) is 11.0. The molecule has 1 amide bonds. The molecular formula is C17H35NO3Si. The van der Waals surface area contributed by atoms with Crippen LogP contribution in [0.5, 0.6) is 0 Å². The van der Waals surface area contributed by atoms with Gasteiger partial charge in [-0.1, -0.05) is 38.7 Å². The Morgan fingerprint density at radius 3 is 2.23 bits per heavy atom. The standard InChI is InChI=1S/C17H35NO3Si/c1-6-17(19)18-16(4)14-12-10-9-11-13-15-22(5,20-7-2)21-8-3/h6,16H,1,7-15H2,2-5H3,(H,18,19). The molecule has 1 N–H and O–H groups in total. The summed E-state index contributed by atoms with van der Waals surface area (Å²) in [7, 11) is -1.92. The molecule has 0 bridgehead atoms. The molecule has 0 aliphatic rings. The Bertz CT molecular complexity index is 304. The van der Waals surface area contributed by atoms with Crippen LogP contribution in [0.1, 0.15) is 59.3 Å². The number of amides is 1. The normalized spacial score (nSPS) is 12.9. The van der Waals surface area contributed by atoms with Crippen molar-refractivity contribution < 1.29 is 13.6 Å². The number of nitrogens with one attached hydrogen (secondary N) is 1. The molecule has 0 aromatic carbocycles. The highest BCUT2D eigenvalue weighted by Crippen LogP contribution is 2.19. The zero-order valence-electron chi connectivity index (χ0n) is 15.0. The Morgan fingerprint density at radius 1 is 1.14 bits per heavy atom. The second-order valence-corrected chi connectivity index (χ2v) is 9.27. The van der Waals surface area contributed by atoms with Gasteiger partial charge in [0.1, 0.15) is 0 Å². The Labute approximate surface area is 137 Å². The lowest BCUT2D eigenvalue weighted by molar-refractivity contribution is -0.117. The highest BCUT2D eigenvalue weighted by molar-refractivity contribution is 6.66. The van der Waals surface area contributed by atoms with Crippen LogP contribution >= 0.6 is 0 Å². The van der Waals surface area contributed by atoms with Gasteiger partial charge >= 0.3 is 8.56 Å². The summed E-state index contributed by atoms with van der Waals surface area (Å²) in [4.78, 5) is 11.1. The number of unbranched alkanes of at least 4 members (excludes halogenated alkanes) is 4. The Morgan fingerprint density at radius 2 is 1.68 bits per heavy atom.